The quantitative estimate of drug-likeness (QED) is 0.785. The molecule has 3 unspecified atom stereocenters. The summed E-state index contributed by atoms with van der Waals surface area (Å²) in [4.78, 5) is 4.32. The van der Waals surface area contributed by atoms with Crippen LogP contribution in [0.3, 0.4) is 0 Å². The average Bonchev–Trinajstić information content (AvgIpc) is 2.96. The summed E-state index contributed by atoms with van der Waals surface area (Å²) >= 11 is 0. The van der Waals surface area contributed by atoms with E-state index >= 15 is 0 Å². The third kappa shape index (κ3) is 2.04. The van der Waals surface area contributed by atoms with Gasteiger partial charge in [-0.25, -0.2) is 4.39 Å². The molecule has 0 saturated carbocycles. The molecule has 1 aromatic heterocycles. The first-order valence-corrected chi connectivity index (χ1v) is 7.36. The summed E-state index contributed by atoms with van der Waals surface area (Å²) in [5, 5.41) is 3.59. The van der Waals surface area contributed by atoms with Crippen molar-refractivity contribution in [3.8, 4) is 0 Å². The van der Waals surface area contributed by atoms with Gasteiger partial charge in [-0.05, 0) is 54.2 Å². The van der Waals surface area contributed by atoms with Gasteiger partial charge in [0, 0.05) is 24.0 Å². The Morgan fingerprint density at radius 3 is 3.00 bits per heavy atom. The second-order valence-corrected chi connectivity index (χ2v) is 6.00. The highest BCUT2D eigenvalue weighted by Gasteiger charge is 2.38. The lowest BCUT2D eigenvalue weighted by Crippen LogP contribution is -2.29. The highest BCUT2D eigenvalue weighted by molar-refractivity contribution is 5.59. The number of fused-ring (bicyclic) bond motifs is 3. The number of hydrogen-bond donors (Lipinski definition) is 1. The lowest BCUT2D eigenvalue weighted by atomic mass is 9.77. The molecule has 2 aliphatic rings. The van der Waals surface area contributed by atoms with Gasteiger partial charge in [0.1, 0.15) is 5.82 Å². The minimum atomic E-state index is -0.162. The Hall–Kier alpha value is -2.16. The van der Waals surface area contributed by atoms with Crippen molar-refractivity contribution >= 4 is 5.69 Å². The van der Waals surface area contributed by atoms with Gasteiger partial charge in [-0.1, -0.05) is 18.2 Å². The Kier molecular flexibility index (Phi) is 2.81. The van der Waals surface area contributed by atoms with Gasteiger partial charge in [-0.3, -0.25) is 4.98 Å². The Bertz CT molecular complexity index is 723. The zero-order valence-electron chi connectivity index (χ0n) is 11.9. The highest BCUT2D eigenvalue weighted by Crippen LogP contribution is 2.49. The maximum absolute atomic E-state index is 13.6. The first-order chi connectivity index (χ1) is 10.2. The summed E-state index contributed by atoms with van der Waals surface area (Å²) in [6.07, 6.45) is 9.27. The van der Waals surface area contributed by atoms with Gasteiger partial charge in [-0.15, -0.1) is 0 Å². The summed E-state index contributed by atoms with van der Waals surface area (Å²) in [7, 11) is 0. The van der Waals surface area contributed by atoms with Crippen molar-refractivity contribution in [2.75, 3.05) is 5.32 Å². The van der Waals surface area contributed by atoms with Crippen LogP contribution in [0.1, 0.15) is 35.1 Å². The molecule has 2 aromatic rings. The molecule has 21 heavy (non-hydrogen) atoms. The van der Waals surface area contributed by atoms with Crippen molar-refractivity contribution in [1.29, 1.82) is 0 Å². The molecule has 2 nitrogen and oxygen atoms in total. The van der Waals surface area contributed by atoms with Crippen LogP contribution < -0.4 is 5.32 Å². The molecule has 0 saturated heterocycles. The molecule has 1 aromatic carbocycles. The third-order valence-corrected chi connectivity index (χ3v) is 4.58. The van der Waals surface area contributed by atoms with Crippen molar-refractivity contribution < 1.29 is 4.39 Å². The fourth-order valence-corrected chi connectivity index (χ4v) is 3.64. The van der Waals surface area contributed by atoms with Crippen LogP contribution in [-0.2, 0) is 0 Å². The van der Waals surface area contributed by atoms with Crippen LogP contribution in [0.2, 0.25) is 0 Å². The molecule has 106 valence electrons. The number of nitrogens with one attached hydrogen (secondary N) is 1. The van der Waals surface area contributed by atoms with E-state index in [1.165, 1.54) is 17.2 Å². The van der Waals surface area contributed by atoms with E-state index in [0.717, 1.165) is 17.7 Å². The number of aromatic nitrogens is 1. The standard InChI is InChI=1S/C18H17FN2/c1-11-7-12(10-20-9-11)18-15-4-2-3-14(15)16-8-13(19)5-6-17(16)21-18/h2-3,5-10,14-15,18,21H,4H2,1H3. The minimum Gasteiger partial charge on any atom is -0.378 e. The predicted molar refractivity (Wildman–Crippen MR) is 81.7 cm³/mol. The summed E-state index contributed by atoms with van der Waals surface area (Å²) < 4.78 is 13.6. The number of allylic oxidation sites excluding steroid dienone is 2. The number of halogens is 1. The first-order valence-electron chi connectivity index (χ1n) is 7.36. The van der Waals surface area contributed by atoms with Gasteiger partial charge >= 0.3 is 0 Å². The van der Waals surface area contributed by atoms with Crippen molar-refractivity contribution in [3.05, 3.63) is 71.3 Å². The number of aryl methyl sites for hydroxylation is 1. The van der Waals surface area contributed by atoms with Crippen molar-refractivity contribution in [2.24, 2.45) is 5.92 Å². The van der Waals surface area contributed by atoms with Gasteiger partial charge in [0.05, 0.1) is 6.04 Å². The zero-order chi connectivity index (χ0) is 14.4. The highest BCUT2D eigenvalue weighted by atomic mass is 19.1. The Balaban J connectivity index is 1.80. The monoisotopic (exact) mass is 280 g/mol. The van der Waals surface area contributed by atoms with E-state index in [1.807, 2.05) is 18.5 Å². The number of nitrogens with zero attached hydrogens (tertiary/aromatic N) is 1. The number of anilines is 1. The van der Waals surface area contributed by atoms with Crippen molar-refractivity contribution in [2.45, 2.75) is 25.3 Å². The summed E-state index contributed by atoms with van der Waals surface area (Å²) in [6.45, 7) is 2.06. The zero-order valence-corrected chi connectivity index (χ0v) is 11.9. The molecule has 1 aliphatic heterocycles. The molecule has 1 aliphatic carbocycles. The van der Waals surface area contributed by atoms with E-state index in [0.29, 0.717) is 11.8 Å². The van der Waals surface area contributed by atoms with E-state index in [2.05, 4.69) is 35.4 Å². The Morgan fingerprint density at radius 2 is 2.14 bits per heavy atom. The van der Waals surface area contributed by atoms with Gasteiger partial charge in [0.25, 0.3) is 0 Å². The van der Waals surface area contributed by atoms with Crippen molar-refractivity contribution in [3.63, 3.8) is 0 Å². The molecule has 1 N–H and O–H groups in total. The van der Waals surface area contributed by atoms with Crippen molar-refractivity contribution in [1.82, 2.24) is 4.98 Å². The normalized spacial score (nSPS) is 26.1. The number of rotatable bonds is 1. The van der Waals surface area contributed by atoms with E-state index in [-0.39, 0.29) is 11.9 Å². The van der Waals surface area contributed by atoms with Crippen LogP contribution in [0.15, 0.2) is 48.8 Å². The van der Waals surface area contributed by atoms with Gasteiger partial charge < -0.3 is 5.32 Å². The smallest absolute Gasteiger partial charge is 0.123 e. The Labute approximate surface area is 123 Å². The number of hydrogen-bond acceptors (Lipinski definition) is 2. The topological polar surface area (TPSA) is 24.9 Å². The SMILES string of the molecule is Cc1cncc(C2Nc3ccc(F)cc3C3C=CCC32)c1. The molecule has 3 atom stereocenters. The van der Waals surface area contributed by atoms with Crippen LogP contribution in [-0.4, -0.2) is 4.98 Å². The fourth-order valence-electron chi connectivity index (χ4n) is 3.64. The summed E-state index contributed by atoms with van der Waals surface area (Å²) in [5.41, 5.74) is 4.49. The minimum absolute atomic E-state index is 0.162. The molecule has 4 rings (SSSR count). The number of benzene rings is 1. The molecule has 3 heteroatoms. The third-order valence-electron chi connectivity index (χ3n) is 4.58. The second-order valence-electron chi connectivity index (χ2n) is 6.00. The van der Waals surface area contributed by atoms with E-state index < -0.39 is 0 Å². The maximum Gasteiger partial charge on any atom is 0.123 e. The molecule has 0 spiro atoms. The lowest BCUT2D eigenvalue weighted by molar-refractivity contribution is 0.423. The van der Waals surface area contributed by atoms with E-state index in [4.69, 9.17) is 0 Å². The molecular weight excluding hydrogens is 263 g/mol. The van der Waals surface area contributed by atoms with E-state index in [1.54, 1.807) is 6.07 Å². The largest absolute Gasteiger partial charge is 0.378 e. The molecular formula is C18H17FN2. The molecule has 0 amide bonds. The summed E-state index contributed by atoms with van der Waals surface area (Å²) in [6, 6.07) is 7.46. The summed E-state index contributed by atoms with van der Waals surface area (Å²) in [5.74, 6) is 0.565. The molecule has 2 heterocycles. The molecule has 0 fully saturated rings. The fraction of sp³-hybridized carbons (Fsp3) is 0.278. The van der Waals surface area contributed by atoms with Crippen LogP contribution >= 0.6 is 0 Å². The van der Waals surface area contributed by atoms with E-state index in [9.17, 15) is 4.39 Å². The van der Waals surface area contributed by atoms with Crippen LogP contribution in [0.5, 0.6) is 0 Å². The van der Waals surface area contributed by atoms with Gasteiger partial charge in [-0.2, -0.15) is 0 Å². The first kappa shape index (κ1) is 12.6. The molecule has 0 bridgehead atoms. The van der Waals surface area contributed by atoms with Gasteiger partial charge in [0.2, 0.25) is 0 Å². The van der Waals surface area contributed by atoms with Crippen LogP contribution in [0.4, 0.5) is 10.1 Å². The predicted octanol–water partition coefficient (Wildman–Crippen LogP) is 4.36. The van der Waals surface area contributed by atoms with Gasteiger partial charge in [0.15, 0.2) is 0 Å². The Morgan fingerprint density at radius 1 is 1.24 bits per heavy atom. The second kappa shape index (κ2) is 4.69. The van der Waals surface area contributed by atoms with Crippen LogP contribution in [0, 0.1) is 18.7 Å². The number of pyridine rings is 1. The maximum atomic E-state index is 13.6. The average molecular weight is 280 g/mol. The van der Waals surface area contributed by atoms with Crippen LogP contribution in [0.25, 0.3) is 0 Å². The molecule has 0 radical (unpaired) electrons. The lowest BCUT2D eigenvalue weighted by Gasteiger charge is -2.37.